The van der Waals surface area contributed by atoms with E-state index >= 15 is 0 Å². The first-order chi connectivity index (χ1) is 6.42. The summed E-state index contributed by atoms with van der Waals surface area (Å²) in [5.74, 6) is 0. The molecule has 1 aromatic heterocycles. The molecule has 0 N–H and O–H groups in total. The summed E-state index contributed by atoms with van der Waals surface area (Å²) < 4.78 is 16.7. The minimum Gasteiger partial charge on any atom is -0.472 e. The number of ether oxygens (including phenoxy) is 2. The van der Waals surface area contributed by atoms with Crippen LogP contribution in [0.1, 0.15) is 39.5 Å². The first-order valence-electron chi connectivity index (χ1n) is 4.80. The standard InChI is InChI=1S/C11H16O3/c1-10(2)11(3,4)14-9(13-10)8-5-6-12-7-8/h5-7,9H,1-4H3. The van der Waals surface area contributed by atoms with Crippen molar-refractivity contribution in [3.8, 4) is 0 Å². The minimum absolute atomic E-state index is 0.283. The van der Waals surface area contributed by atoms with Gasteiger partial charge in [0.05, 0.1) is 23.7 Å². The van der Waals surface area contributed by atoms with Crippen molar-refractivity contribution in [3.63, 3.8) is 0 Å². The molecule has 0 aliphatic carbocycles. The lowest BCUT2D eigenvalue weighted by atomic mass is 9.90. The van der Waals surface area contributed by atoms with Crippen molar-refractivity contribution in [1.82, 2.24) is 0 Å². The summed E-state index contributed by atoms with van der Waals surface area (Å²) in [6, 6.07) is 1.86. The Labute approximate surface area is 84.0 Å². The Hall–Kier alpha value is -0.800. The Kier molecular flexibility index (Phi) is 1.98. The fraction of sp³-hybridized carbons (Fsp3) is 0.636. The van der Waals surface area contributed by atoms with Crippen LogP contribution in [-0.4, -0.2) is 11.2 Å². The molecule has 1 aliphatic heterocycles. The molecule has 1 saturated heterocycles. The van der Waals surface area contributed by atoms with Crippen molar-refractivity contribution in [1.29, 1.82) is 0 Å². The quantitative estimate of drug-likeness (QED) is 0.692. The van der Waals surface area contributed by atoms with Crippen LogP contribution in [0.5, 0.6) is 0 Å². The molecule has 2 heterocycles. The number of hydrogen-bond donors (Lipinski definition) is 0. The summed E-state index contributed by atoms with van der Waals surface area (Å²) in [5, 5.41) is 0. The van der Waals surface area contributed by atoms with Gasteiger partial charge < -0.3 is 13.9 Å². The lowest BCUT2D eigenvalue weighted by molar-refractivity contribution is -0.0898. The molecule has 3 nitrogen and oxygen atoms in total. The SMILES string of the molecule is CC1(C)OC(c2ccoc2)OC1(C)C. The summed E-state index contributed by atoms with van der Waals surface area (Å²) in [6.45, 7) is 8.14. The highest BCUT2D eigenvalue weighted by Crippen LogP contribution is 2.44. The molecular formula is C11H16O3. The number of hydrogen-bond acceptors (Lipinski definition) is 3. The van der Waals surface area contributed by atoms with Crippen molar-refractivity contribution < 1.29 is 13.9 Å². The van der Waals surface area contributed by atoms with E-state index in [-0.39, 0.29) is 17.5 Å². The van der Waals surface area contributed by atoms with Crippen LogP contribution < -0.4 is 0 Å². The average Bonchev–Trinajstić information content (AvgIpc) is 2.58. The van der Waals surface area contributed by atoms with E-state index in [1.807, 2.05) is 33.8 Å². The third kappa shape index (κ3) is 1.37. The zero-order valence-electron chi connectivity index (χ0n) is 9.03. The summed E-state index contributed by atoms with van der Waals surface area (Å²) >= 11 is 0. The highest BCUT2D eigenvalue weighted by molar-refractivity contribution is 5.11. The zero-order valence-corrected chi connectivity index (χ0v) is 9.03. The van der Waals surface area contributed by atoms with Crippen LogP contribution in [0.15, 0.2) is 23.0 Å². The first-order valence-corrected chi connectivity index (χ1v) is 4.80. The Bertz CT molecular complexity index is 295. The molecule has 1 fully saturated rings. The maximum atomic E-state index is 5.83. The third-order valence-electron chi connectivity index (χ3n) is 3.07. The van der Waals surface area contributed by atoms with Crippen molar-refractivity contribution in [2.24, 2.45) is 0 Å². The largest absolute Gasteiger partial charge is 0.472 e. The molecule has 14 heavy (non-hydrogen) atoms. The fourth-order valence-corrected chi connectivity index (χ4v) is 1.39. The Balaban J connectivity index is 2.22. The Morgan fingerprint density at radius 2 is 1.64 bits per heavy atom. The van der Waals surface area contributed by atoms with E-state index < -0.39 is 0 Å². The molecule has 0 atom stereocenters. The van der Waals surface area contributed by atoms with Gasteiger partial charge in [0.15, 0.2) is 6.29 Å². The maximum Gasteiger partial charge on any atom is 0.188 e. The van der Waals surface area contributed by atoms with Crippen LogP contribution in [0.3, 0.4) is 0 Å². The molecule has 2 rings (SSSR count). The smallest absolute Gasteiger partial charge is 0.188 e. The highest BCUT2D eigenvalue weighted by Gasteiger charge is 2.49. The van der Waals surface area contributed by atoms with Crippen LogP contribution in [0.2, 0.25) is 0 Å². The minimum atomic E-state index is -0.307. The van der Waals surface area contributed by atoms with E-state index in [9.17, 15) is 0 Å². The van der Waals surface area contributed by atoms with Gasteiger partial charge in [-0.05, 0) is 33.8 Å². The van der Waals surface area contributed by atoms with Crippen LogP contribution in [0.25, 0.3) is 0 Å². The fourth-order valence-electron chi connectivity index (χ4n) is 1.39. The van der Waals surface area contributed by atoms with Gasteiger partial charge in [0.2, 0.25) is 0 Å². The van der Waals surface area contributed by atoms with Gasteiger partial charge >= 0.3 is 0 Å². The van der Waals surface area contributed by atoms with Gasteiger partial charge in [0.1, 0.15) is 0 Å². The van der Waals surface area contributed by atoms with Crippen molar-refractivity contribution in [3.05, 3.63) is 24.2 Å². The van der Waals surface area contributed by atoms with Crippen LogP contribution in [-0.2, 0) is 9.47 Å². The van der Waals surface area contributed by atoms with Gasteiger partial charge in [-0.1, -0.05) is 0 Å². The molecule has 1 aliphatic rings. The molecule has 0 aromatic carbocycles. The van der Waals surface area contributed by atoms with E-state index in [0.29, 0.717) is 0 Å². The molecule has 0 unspecified atom stereocenters. The normalized spacial score (nSPS) is 25.4. The van der Waals surface area contributed by atoms with E-state index in [0.717, 1.165) is 5.56 Å². The molecule has 1 aromatic rings. The van der Waals surface area contributed by atoms with Gasteiger partial charge in [-0.3, -0.25) is 0 Å². The van der Waals surface area contributed by atoms with Crippen molar-refractivity contribution in [2.45, 2.75) is 45.2 Å². The second kappa shape index (κ2) is 2.84. The van der Waals surface area contributed by atoms with Gasteiger partial charge in [0.25, 0.3) is 0 Å². The first kappa shape index (κ1) is 9.74. The average molecular weight is 196 g/mol. The van der Waals surface area contributed by atoms with Gasteiger partial charge in [0, 0.05) is 5.56 Å². The second-order valence-electron chi connectivity index (χ2n) is 4.64. The Morgan fingerprint density at radius 1 is 1.07 bits per heavy atom. The van der Waals surface area contributed by atoms with Crippen LogP contribution in [0.4, 0.5) is 0 Å². The molecule has 0 spiro atoms. The van der Waals surface area contributed by atoms with Gasteiger partial charge in [-0.25, -0.2) is 0 Å². The van der Waals surface area contributed by atoms with E-state index in [1.54, 1.807) is 12.5 Å². The molecule has 3 heteroatoms. The maximum absolute atomic E-state index is 5.83. The highest BCUT2D eigenvalue weighted by atomic mass is 16.7. The zero-order chi connectivity index (χ0) is 10.4. The molecule has 0 bridgehead atoms. The van der Waals surface area contributed by atoms with E-state index in [4.69, 9.17) is 13.9 Å². The Morgan fingerprint density at radius 3 is 2.07 bits per heavy atom. The van der Waals surface area contributed by atoms with E-state index in [2.05, 4.69) is 0 Å². The monoisotopic (exact) mass is 196 g/mol. The molecule has 0 amide bonds. The van der Waals surface area contributed by atoms with E-state index in [1.165, 1.54) is 0 Å². The lowest BCUT2D eigenvalue weighted by Gasteiger charge is -2.30. The predicted octanol–water partition coefficient (Wildman–Crippen LogP) is 2.88. The van der Waals surface area contributed by atoms with Crippen LogP contribution >= 0.6 is 0 Å². The number of furan rings is 1. The summed E-state index contributed by atoms with van der Waals surface area (Å²) in [7, 11) is 0. The molecule has 78 valence electrons. The predicted molar refractivity (Wildman–Crippen MR) is 51.8 cm³/mol. The molecule has 0 radical (unpaired) electrons. The summed E-state index contributed by atoms with van der Waals surface area (Å²) in [4.78, 5) is 0. The molecule has 0 saturated carbocycles. The number of rotatable bonds is 1. The second-order valence-corrected chi connectivity index (χ2v) is 4.64. The van der Waals surface area contributed by atoms with Crippen LogP contribution in [0, 0.1) is 0 Å². The summed E-state index contributed by atoms with van der Waals surface area (Å²) in [5.41, 5.74) is 0.368. The van der Waals surface area contributed by atoms with Crippen molar-refractivity contribution >= 4 is 0 Å². The van der Waals surface area contributed by atoms with Gasteiger partial charge in [-0.15, -0.1) is 0 Å². The molecular weight excluding hydrogens is 180 g/mol. The summed E-state index contributed by atoms with van der Waals surface area (Å²) in [6.07, 6.45) is 2.97. The van der Waals surface area contributed by atoms with Gasteiger partial charge in [-0.2, -0.15) is 0 Å². The lowest BCUT2D eigenvalue weighted by Crippen LogP contribution is -2.41. The third-order valence-corrected chi connectivity index (χ3v) is 3.07. The topological polar surface area (TPSA) is 31.6 Å². The van der Waals surface area contributed by atoms with Crippen molar-refractivity contribution in [2.75, 3.05) is 0 Å².